The number of rotatable bonds is 9. The molecular formula is C19H26N2O2. The van der Waals surface area contributed by atoms with Gasteiger partial charge in [-0.1, -0.05) is 12.1 Å². The van der Waals surface area contributed by atoms with Crippen LogP contribution in [0, 0.1) is 0 Å². The summed E-state index contributed by atoms with van der Waals surface area (Å²) < 4.78 is 11.2. The second kappa shape index (κ2) is 8.93. The van der Waals surface area contributed by atoms with Gasteiger partial charge in [-0.05, 0) is 45.0 Å². The van der Waals surface area contributed by atoms with Crippen molar-refractivity contribution in [2.75, 3.05) is 30.3 Å². The highest BCUT2D eigenvalue weighted by molar-refractivity contribution is 5.50. The molecule has 124 valence electrons. The molecule has 0 radical (unpaired) electrons. The van der Waals surface area contributed by atoms with Gasteiger partial charge in [-0.3, -0.25) is 0 Å². The predicted octanol–water partition coefficient (Wildman–Crippen LogP) is 4.40. The van der Waals surface area contributed by atoms with Crippen molar-refractivity contribution in [3.8, 4) is 11.5 Å². The van der Waals surface area contributed by atoms with Gasteiger partial charge >= 0.3 is 0 Å². The van der Waals surface area contributed by atoms with Crippen LogP contribution in [-0.2, 0) is 0 Å². The Balaban J connectivity index is 1.78. The van der Waals surface area contributed by atoms with Crippen LogP contribution in [0.4, 0.5) is 11.4 Å². The van der Waals surface area contributed by atoms with E-state index in [0.29, 0.717) is 6.61 Å². The standard InChI is InChI=1S/C19H26N2O2/c1-4-22-18-9-5-7-16(13-18)20-11-12-21-17-8-6-10-19(14-17)23-15(2)3/h5-10,13-15,20-21H,4,11-12H2,1-3H3. The number of hydrogen-bond acceptors (Lipinski definition) is 4. The number of anilines is 2. The Hall–Kier alpha value is -2.36. The zero-order chi connectivity index (χ0) is 16.5. The molecule has 0 aliphatic carbocycles. The smallest absolute Gasteiger partial charge is 0.121 e. The first-order chi connectivity index (χ1) is 11.2. The van der Waals surface area contributed by atoms with Gasteiger partial charge in [0.05, 0.1) is 12.7 Å². The van der Waals surface area contributed by atoms with E-state index in [4.69, 9.17) is 9.47 Å². The van der Waals surface area contributed by atoms with Gasteiger partial charge in [0.25, 0.3) is 0 Å². The SMILES string of the molecule is CCOc1cccc(NCCNc2cccc(OC(C)C)c2)c1. The van der Waals surface area contributed by atoms with E-state index in [-0.39, 0.29) is 6.10 Å². The Morgan fingerprint density at radius 3 is 2.00 bits per heavy atom. The van der Waals surface area contributed by atoms with E-state index in [1.165, 1.54) is 0 Å². The molecule has 2 aromatic rings. The van der Waals surface area contributed by atoms with Gasteiger partial charge in [0.2, 0.25) is 0 Å². The molecule has 0 aliphatic heterocycles. The van der Waals surface area contributed by atoms with E-state index in [2.05, 4.69) is 10.6 Å². The summed E-state index contributed by atoms with van der Waals surface area (Å²) in [5.74, 6) is 1.78. The fourth-order valence-electron chi connectivity index (χ4n) is 2.23. The third kappa shape index (κ3) is 6.10. The third-order valence-electron chi connectivity index (χ3n) is 3.13. The molecule has 0 saturated carbocycles. The van der Waals surface area contributed by atoms with Gasteiger partial charge < -0.3 is 20.1 Å². The minimum atomic E-state index is 0.185. The minimum Gasteiger partial charge on any atom is -0.494 e. The first-order valence-corrected chi connectivity index (χ1v) is 8.14. The van der Waals surface area contributed by atoms with Crippen LogP contribution in [0.5, 0.6) is 11.5 Å². The van der Waals surface area contributed by atoms with Gasteiger partial charge in [0, 0.05) is 36.6 Å². The minimum absolute atomic E-state index is 0.185. The molecule has 0 spiro atoms. The highest BCUT2D eigenvalue weighted by Gasteiger charge is 1.99. The Morgan fingerprint density at radius 1 is 0.870 bits per heavy atom. The second-order valence-corrected chi connectivity index (χ2v) is 5.51. The predicted molar refractivity (Wildman–Crippen MR) is 96.8 cm³/mol. The van der Waals surface area contributed by atoms with Crippen LogP contribution in [0.1, 0.15) is 20.8 Å². The lowest BCUT2D eigenvalue weighted by atomic mass is 10.3. The van der Waals surface area contributed by atoms with Crippen molar-refractivity contribution in [2.45, 2.75) is 26.9 Å². The molecule has 4 nitrogen and oxygen atoms in total. The fourth-order valence-corrected chi connectivity index (χ4v) is 2.23. The highest BCUT2D eigenvalue weighted by Crippen LogP contribution is 2.19. The molecule has 2 aromatic carbocycles. The van der Waals surface area contributed by atoms with Gasteiger partial charge in [-0.2, -0.15) is 0 Å². The van der Waals surface area contributed by atoms with E-state index in [9.17, 15) is 0 Å². The molecule has 0 heterocycles. The van der Waals surface area contributed by atoms with Crippen molar-refractivity contribution in [3.63, 3.8) is 0 Å². The summed E-state index contributed by atoms with van der Waals surface area (Å²) in [6.45, 7) is 8.37. The van der Waals surface area contributed by atoms with Gasteiger partial charge in [0.1, 0.15) is 11.5 Å². The van der Waals surface area contributed by atoms with Crippen molar-refractivity contribution in [3.05, 3.63) is 48.5 Å². The molecule has 0 fully saturated rings. The Kier molecular flexibility index (Phi) is 6.60. The highest BCUT2D eigenvalue weighted by atomic mass is 16.5. The second-order valence-electron chi connectivity index (χ2n) is 5.51. The molecule has 0 bridgehead atoms. The largest absolute Gasteiger partial charge is 0.494 e. The number of hydrogen-bond donors (Lipinski definition) is 2. The van der Waals surface area contributed by atoms with E-state index in [0.717, 1.165) is 36.0 Å². The van der Waals surface area contributed by atoms with Crippen molar-refractivity contribution in [1.82, 2.24) is 0 Å². The molecule has 23 heavy (non-hydrogen) atoms. The zero-order valence-electron chi connectivity index (χ0n) is 14.1. The Morgan fingerprint density at radius 2 is 1.43 bits per heavy atom. The van der Waals surface area contributed by atoms with E-state index < -0.39 is 0 Å². The number of benzene rings is 2. The van der Waals surface area contributed by atoms with E-state index in [1.807, 2.05) is 69.3 Å². The van der Waals surface area contributed by atoms with Gasteiger partial charge in [-0.15, -0.1) is 0 Å². The van der Waals surface area contributed by atoms with Crippen LogP contribution in [-0.4, -0.2) is 25.8 Å². The molecule has 2 rings (SSSR count). The molecule has 2 N–H and O–H groups in total. The topological polar surface area (TPSA) is 42.5 Å². The average Bonchev–Trinajstić information content (AvgIpc) is 2.52. The molecule has 4 heteroatoms. The summed E-state index contributed by atoms with van der Waals surface area (Å²) in [6, 6.07) is 16.1. The first kappa shape index (κ1) is 17.0. The number of nitrogens with one attached hydrogen (secondary N) is 2. The monoisotopic (exact) mass is 314 g/mol. The van der Waals surface area contributed by atoms with Crippen molar-refractivity contribution >= 4 is 11.4 Å². The Labute approximate surface area is 138 Å². The van der Waals surface area contributed by atoms with E-state index in [1.54, 1.807) is 0 Å². The van der Waals surface area contributed by atoms with Crippen LogP contribution in [0.2, 0.25) is 0 Å². The molecule has 0 amide bonds. The molecule has 0 aliphatic rings. The van der Waals surface area contributed by atoms with Crippen LogP contribution < -0.4 is 20.1 Å². The molecule has 0 atom stereocenters. The van der Waals surface area contributed by atoms with Crippen LogP contribution >= 0.6 is 0 Å². The molecule has 0 aromatic heterocycles. The van der Waals surface area contributed by atoms with Crippen molar-refractivity contribution in [2.24, 2.45) is 0 Å². The lowest BCUT2D eigenvalue weighted by molar-refractivity contribution is 0.242. The van der Waals surface area contributed by atoms with Gasteiger partial charge in [-0.25, -0.2) is 0 Å². The maximum atomic E-state index is 5.70. The summed E-state index contributed by atoms with van der Waals surface area (Å²) in [5, 5.41) is 6.78. The zero-order valence-corrected chi connectivity index (χ0v) is 14.1. The third-order valence-corrected chi connectivity index (χ3v) is 3.13. The summed E-state index contributed by atoms with van der Waals surface area (Å²) in [6.07, 6.45) is 0.185. The lowest BCUT2D eigenvalue weighted by Crippen LogP contribution is -2.13. The van der Waals surface area contributed by atoms with Gasteiger partial charge in [0.15, 0.2) is 0 Å². The van der Waals surface area contributed by atoms with Crippen molar-refractivity contribution in [1.29, 1.82) is 0 Å². The maximum Gasteiger partial charge on any atom is 0.121 e. The first-order valence-electron chi connectivity index (χ1n) is 8.14. The summed E-state index contributed by atoms with van der Waals surface area (Å²) in [5.41, 5.74) is 2.13. The quantitative estimate of drug-likeness (QED) is 0.673. The van der Waals surface area contributed by atoms with Crippen molar-refractivity contribution < 1.29 is 9.47 Å². The van der Waals surface area contributed by atoms with Crippen LogP contribution in [0.3, 0.4) is 0 Å². The summed E-state index contributed by atoms with van der Waals surface area (Å²) >= 11 is 0. The molecule has 0 saturated heterocycles. The average molecular weight is 314 g/mol. The summed E-state index contributed by atoms with van der Waals surface area (Å²) in [7, 11) is 0. The normalized spacial score (nSPS) is 10.4. The van der Waals surface area contributed by atoms with Crippen LogP contribution in [0.25, 0.3) is 0 Å². The van der Waals surface area contributed by atoms with E-state index >= 15 is 0 Å². The lowest BCUT2D eigenvalue weighted by Gasteiger charge is -2.13. The summed E-state index contributed by atoms with van der Waals surface area (Å²) in [4.78, 5) is 0. The fraction of sp³-hybridized carbons (Fsp3) is 0.368. The molecular weight excluding hydrogens is 288 g/mol. The maximum absolute atomic E-state index is 5.70. The molecule has 0 unspecified atom stereocenters. The Bertz CT molecular complexity index is 599. The van der Waals surface area contributed by atoms with Crippen LogP contribution in [0.15, 0.2) is 48.5 Å². The number of ether oxygens (including phenoxy) is 2.